The Bertz CT molecular complexity index is 234. The summed E-state index contributed by atoms with van der Waals surface area (Å²) >= 11 is 0. The molecular formula is C12H24N2O. The second kappa shape index (κ2) is 5.79. The Morgan fingerprint density at radius 2 is 1.73 bits per heavy atom. The number of carbonyl (C=O) groups is 1. The molecule has 2 N–H and O–H groups in total. The molecule has 0 unspecified atom stereocenters. The van der Waals surface area contributed by atoms with Gasteiger partial charge in [-0.25, -0.2) is 0 Å². The molecule has 0 aliphatic rings. The third kappa shape index (κ3) is 6.15. The molecule has 0 aromatic heterocycles. The second-order valence-electron chi connectivity index (χ2n) is 4.98. The summed E-state index contributed by atoms with van der Waals surface area (Å²) in [5.41, 5.74) is 6.17. The van der Waals surface area contributed by atoms with Gasteiger partial charge in [-0.2, -0.15) is 0 Å². The van der Waals surface area contributed by atoms with Crippen molar-refractivity contribution in [3.05, 3.63) is 11.8 Å². The van der Waals surface area contributed by atoms with Crippen LogP contribution in [0.1, 0.15) is 41.0 Å². The Hall–Kier alpha value is -0.990. The predicted molar refractivity (Wildman–Crippen MR) is 64.3 cm³/mol. The quantitative estimate of drug-likeness (QED) is 0.710. The van der Waals surface area contributed by atoms with Gasteiger partial charge in [0.25, 0.3) is 0 Å². The number of nitrogens with zero attached hydrogens (tertiary/aromatic N) is 1. The molecule has 1 amide bonds. The molecule has 0 fully saturated rings. The number of rotatable bonds is 5. The van der Waals surface area contributed by atoms with E-state index in [9.17, 15) is 4.79 Å². The third-order valence-corrected chi connectivity index (χ3v) is 2.19. The summed E-state index contributed by atoms with van der Waals surface area (Å²) in [7, 11) is 0. The van der Waals surface area contributed by atoms with Crippen LogP contribution in [0.25, 0.3) is 0 Å². The van der Waals surface area contributed by atoms with Crippen LogP contribution < -0.4 is 5.73 Å². The molecule has 0 aromatic rings. The molecule has 0 aliphatic heterocycles. The van der Waals surface area contributed by atoms with E-state index in [0.717, 1.165) is 19.5 Å². The lowest BCUT2D eigenvalue weighted by Gasteiger charge is -2.22. The van der Waals surface area contributed by atoms with E-state index in [1.807, 2.05) is 6.20 Å². The molecule has 0 atom stereocenters. The average Bonchev–Trinajstić information content (AvgIpc) is 2.09. The van der Waals surface area contributed by atoms with Crippen molar-refractivity contribution < 1.29 is 4.79 Å². The Balaban J connectivity index is 4.73. The normalized spacial score (nSPS) is 12.7. The number of amides is 1. The predicted octanol–water partition coefficient (Wildman–Crippen LogP) is 2.13. The Morgan fingerprint density at radius 1 is 1.27 bits per heavy atom. The van der Waals surface area contributed by atoms with Crippen LogP contribution in [0.15, 0.2) is 11.8 Å². The van der Waals surface area contributed by atoms with Gasteiger partial charge in [0.05, 0.1) is 0 Å². The van der Waals surface area contributed by atoms with Gasteiger partial charge < -0.3 is 10.6 Å². The summed E-state index contributed by atoms with van der Waals surface area (Å²) in [5, 5.41) is 0. The zero-order valence-electron chi connectivity index (χ0n) is 10.6. The molecule has 0 saturated heterocycles. The van der Waals surface area contributed by atoms with E-state index in [2.05, 4.69) is 39.5 Å². The Labute approximate surface area is 93.3 Å². The van der Waals surface area contributed by atoms with Crippen LogP contribution >= 0.6 is 0 Å². The van der Waals surface area contributed by atoms with Crippen LogP contribution in [0.4, 0.5) is 0 Å². The van der Waals surface area contributed by atoms with Gasteiger partial charge in [0.1, 0.15) is 0 Å². The van der Waals surface area contributed by atoms with Crippen LogP contribution in [0.5, 0.6) is 0 Å². The van der Waals surface area contributed by atoms with Crippen LogP contribution in [0.3, 0.4) is 0 Å². The maximum absolute atomic E-state index is 11.3. The van der Waals surface area contributed by atoms with Crippen LogP contribution in [0, 0.1) is 5.41 Å². The highest BCUT2D eigenvalue weighted by Gasteiger charge is 2.17. The summed E-state index contributed by atoms with van der Waals surface area (Å²) in [4.78, 5) is 13.4. The maximum atomic E-state index is 11.3. The molecular weight excluding hydrogens is 188 g/mol. The van der Waals surface area contributed by atoms with E-state index in [1.54, 1.807) is 0 Å². The van der Waals surface area contributed by atoms with Gasteiger partial charge in [0.15, 0.2) is 0 Å². The van der Waals surface area contributed by atoms with Gasteiger partial charge in [-0.15, -0.1) is 0 Å². The minimum atomic E-state index is -0.308. The first-order valence-corrected chi connectivity index (χ1v) is 5.54. The molecule has 0 aliphatic carbocycles. The van der Waals surface area contributed by atoms with Gasteiger partial charge in [-0.05, 0) is 25.7 Å². The highest BCUT2D eigenvalue weighted by Crippen LogP contribution is 2.24. The SMILES string of the molecule is CCN(C=C(CC(C)(C)C)C(N)=O)CC. The summed E-state index contributed by atoms with van der Waals surface area (Å²) in [6.07, 6.45) is 2.62. The van der Waals surface area contributed by atoms with Gasteiger partial charge in [-0.3, -0.25) is 4.79 Å². The summed E-state index contributed by atoms with van der Waals surface area (Å²) in [6.45, 7) is 12.2. The summed E-state index contributed by atoms with van der Waals surface area (Å²) in [5.74, 6) is -0.308. The summed E-state index contributed by atoms with van der Waals surface area (Å²) < 4.78 is 0. The van der Waals surface area contributed by atoms with Crippen molar-refractivity contribution in [2.24, 2.45) is 11.1 Å². The minimum Gasteiger partial charge on any atom is -0.378 e. The minimum absolute atomic E-state index is 0.0913. The van der Waals surface area contributed by atoms with Crippen LogP contribution in [-0.4, -0.2) is 23.9 Å². The van der Waals surface area contributed by atoms with E-state index >= 15 is 0 Å². The maximum Gasteiger partial charge on any atom is 0.246 e. The van der Waals surface area contributed by atoms with E-state index in [-0.39, 0.29) is 11.3 Å². The van der Waals surface area contributed by atoms with E-state index in [4.69, 9.17) is 5.73 Å². The van der Waals surface area contributed by atoms with Crippen molar-refractivity contribution in [3.63, 3.8) is 0 Å². The smallest absolute Gasteiger partial charge is 0.246 e. The number of nitrogens with two attached hydrogens (primary N) is 1. The molecule has 0 saturated carbocycles. The topological polar surface area (TPSA) is 46.3 Å². The van der Waals surface area contributed by atoms with Gasteiger partial charge >= 0.3 is 0 Å². The van der Waals surface area contributed by atoms with Crippen molar-refractivity contribution in [3.8, 4) is 0 Å². The van der Waals surface area contributed by atoms with E-state index in [1.165, 1.54) is 0 Å². The Morgan fingerprint density at radius 3 is 2.00 bits per heavy atom. The molecule has 0 bridgehead atoms. The van der Waals surface area contributed by atoms with E-state index in [0.29, 0.717) is 5.57 Å². The fraction of sp³-hybridized carbons (Fsp3) is 0.750. The van der Waals surface area contributed by atoms with Crippen molar-refractivity contribution in [2.45, 2.75) is 41.0 Å². The third-order valence-electron chi connectivity index (χ3n) is 2.19. The zero-order chi connectivity index (χ0) is 12.1. The number of hydrogen-bond acceptors (Lipinski definition) is 2. The Kier molecular flexibility index (Phi) is 5.40. The second-order valence-corrected chi connectivity index (χ2v) is 4.98. The fourth-order valence-corrected chi connectivity index (χ4v) is 1.39. The molecule has 88 valence electrons. The number of carbonyl (C=O) groups excluding carboxylic acids is 1. The molecule has 3 heteroatoms. The zero-order valence-corrected chi connectivity index (χ0v) is 10.6. The van der Waals surface area contributed by atoms with Gasteiger partial charge in [0, 0.05) is 24.9 Å². The molecule has 3 nitrogen and oxygen atoms in total. The first-order chi connectivity index (χ1) is 6.80. The monoisotopic (exact) mass is 212 g/mol. The molecule has 0 heterocycles. The van der Waals surface area contributed by atoms with Gasteiger partial charge in [0.2, 0.25) is 5.91 Å². The molecule has 0 spiro atoms. The van der Waals surface area contributed by atoms with Crippen molar-refractivity contribution in [1.29, 1.82) is 0 Å². The number of hydrogen-bond donors (Lipinski definition) is 1. The molecule has 15 heavy (non-hydrogen) atoms. The molecule has 0 rings (SSSR count). The average molecular weight is 212 g/mol. The largest absolute Gasteiger partial charge is 0.378 e. The van der Waals surface area contributed by atoms with Crippen molar-refractivity contribution in [2.75, 3.05) is 13.1 Å². The lowest BCUT2D eigenvalue weighted by Crippen LogP contribution is -2.24. The van der Waals surface area contributed by atoms with Crippen LogP contribution in [-0.2, 0) is 4.79 Å². The molecule has 0 radical (unpaired) electrons. The lowest BCUT2D eigenvalue weighted by molar-refractivity contribution is -0.115. The fourth-order valence-electron chi connectivity index (χ4n) is 1.39. The standard InChI is InChI=1S/C12H24N2O/c1-6-14(7-2)9-10(11(13)15)8-12(3,4)5/h9H,6-8H2,1-5H3,(H2,13,15). The highest BCUT2D eigenvalue weighted by atomic mass is 16.1. The number of primary amides is 1. The summed E-state index contributed by atoms with van der Waals surface area (Å²) in [6, 6.07) is 0. The lowest BCUT2D eigenvalue weighted by atomic mass is 9.88. The van der Waals surface area contributed by atoms with Crippen LogP contribution in [0.2, 0.25) is 0 Å². The first-order valence-electron chi connectivity index (χ1n) is 5.54. The van der Waals surface area contributed by atoms with E-state index < -0.39 is 0 Å². The van der Waals surface area contributed by atoms with Gasteiger partial charge in [-0.1, -0.05) is 20.8 Å². The highest BCUT2D eigenvalue weighted by molar-refractivity contribution is 5.91. The van der Waals surface area contributed by atoms with Crippen molar-refractivity contribution in [1.82, 2.24) is 4.90 Å². The first kappa shape index (κ1) is 14.0. The van der Waals surface area contributed by atoms with Crippen molar-refractivity contribution >= 4 is 5.91 Å². The molecule has 0 aromatic carbocycles.